The maximum Gasteiger partial charge on any atom is 0.277 e. The zero-order valence-corrected chi connectivity index (χ0v) is 14.7. The van der Waals surface area contributed by atoms with Crippen molar-refractivity contribution in [1.82, 2.24) is 9.21 Å². The van der Waals surface area contributed by atoms with Crippen LogP contribution in [0.5, 0.6) is 0 Å². The van der Waals surface area contributed by atoms with E-state index in [2.05, 4.69) is 5.32 Å². The van der Waals surface area contributed by atoms with E-state index in [0.717, 1.165) is 11.0 Å². The predicted octanol–water partition coefficient (Wildman–Crippen LogP) is -0.636. The average Bonchev–Trinajstić information content (AvgIpc) is 2.91. The maximum absolute atomic E-state index is 12.9. The van der Waals surface area contributed by atoms with Crippen molar-refractivity contribution >= 4 is 27.5 Å². The van der Waals surface area contributed by atoms with Gasteiger partial charge < -0.3 is 15.2 Å². The van der Waals surface area contributed by atoms with Gasteiger partial charge in [-0.25, -0.2) is 8.42 Å². The molecule has 1 saturated heterocycles. The van der Waals surface area contributed by atoms with Crippen LogP contribution in [0.3, 0.4) is 0 Å². The Morgan fingerprint density at radius 3 is 2.54 bits per heavy atom. The summed E-state index contributed by atoms with van der Waals surface area (Å²) in [5.41, 5.74) is 0.172. The second-order valence-corrected chi connectivity index (χ2v) is 7.62. The van der Waals surface area contributed by atoms with Crippen LogP contribution in [0.2, 0.25) is 0 Å². The van der Waals surface area contributed by atoms with Crippen molar-refractivity contribution in [2.24, 2.45) is 0 Å². The summed E-state index contributed by atoms with van der Waals surface area (Å²) in [4.78, 5) is 25.0. The first kappa shape index (κ1) is 18.5. The van der Waals surface area contributed by atoms with Gasteiger partial charge in [0.05, 0.1) is 32.1 Å². The molecule has 2 heterocycles. The van der Waals surface area contributed by atoms with Gasteiger partial charge in [-0.05, 0) is 12.1 Å². The molecule has 2 N–H and O–H groups in total. The molecule has 0 unspecified atom stereocenters. The summed E-state index contributed by atoms with van der Waals surface area (Å²) in [5, 5.41) is 11.7. The maximum atomic E-state index is 12.9. The van der Waals surface area contributed by atoms with Crippen molar-refractivity contribution in [2.45, 2.75) is 4.90 Å². The monoisotopic (exact) mass is 381 g/mol. The number of aliphatic hydroxyl groups is 1. The molecule has 10 heteroatoms. The van der Waals surface area contributed by atoms with Gasteiger partial charge >= 0.3 is 0 Å². The van der Waals surface area contributed by atoms with Gasteiger partial charge in [0.25, 0.3) is 11.8 Å². The molecule has 9 nitrogen and oxygen atoms in total. The largest absolute Gasteiger partial charge is 0.395 e. The molecule has 1 fully saturated rings. The van der Waals surface area contributed by atoms with E-state index in [4.69, 9.17) is 9.84 Å². The molecular formula is C16H19N3O6S. The molecule has 0 radical (unpaired) electrons. The molecule has 0 bridgehead atoms. The number of morpholine rings is 1. The number of β-amino-alcohol motifs (C(OH)–C–C–N with tert-alkyl or cyclic N) is 1. The van der Waals surface area contributed by atoms with Crippen molar-refractivity contribution < 1.29 is 27.9 Å². The van der Waals surface area contributed by atoms with Gasteiger partial charge in [0.1, 0.15) is 10.6 Å². The second-order valence-electron chi connectivity index (χ2n) is 5.71. The molecule has 1 aromatic rings. The molecule has 3 rings (SSSR count). The Kier molecular flexibility index (Phi) is 5.37. The third-order valence-corrected chi connectivity index (χ3v) is 6.03. The minimum Gasteiger partial charge on any atom is -0.395 e. The first-order valence-electron chi connectivity index (χ1n) is 8.07. The number of hydrogen-bond donors (Lipinski definition) is 2. The number of benzene rings is 1. The van der Waals surface area contributed by atoms with E-state index in [1.54, 1.807) is 12.1 Å². The fourth-order valence-corrected chi connectivity index (χ4v) is 4.33. The number of amides is 2. The number of carbonyl (C=O) groups is 2. The number of rotatable bonds is 6. The van der Waals surface area contributed by atoms with Gasteiger partial charge in [0.15, 0.2) is 0 Å². The van der Waals surface area contributed by atoms with Crippen LogP contribution in [0, 0.1) is 0 Å². The number of aliphatic hydroxyl groups excluding tert-OH is 1. The van der Waals surface area contributed by atoms with E-state index < -0.39 is 21.8 Å². The van der Waals surface area contributed by atoms with Crippen molar-refractivity contribution in [3.05, 3.63) is 36.0 Å². The zero-order chi connectivity index (χ0) is 18.7. The smallest absolute Gasteiger partial charge is 0.277 e. The van der Waals surface area contributed by atoms with Crippen molar-refractivity contribution in [3.63, 3.8) is 0 Å². The minimum absolute atomic E-state index is 0.0173. The Labute approximate surface area is 150 Å². The molecule has 140 valence electrons. The Balaban J connectivity index is 1.88. The minimum atomic E-state index is -3.78. The van der Waals surface area contributed by atoms with E-state index in [1.807, 2.05) is 0 Å². The standard InChI is InChI=1S/C16H19N3O6S/c20-8-5-19-15(21)11-13(16(19)22)17-12-3-1-2-4-14(12)26(23,24)18-6-9-25-10-7-18/h1-4,11,17,20H,5-10H2. The van der Waals surface area contributed by atoms with E-state index >= 15 is 0 Å². The van der Waals surface area contributed by atoms with E-state index in [1.165, 1.54) is 16.4 Å². The predicted molar refractivity (Wildman–Crippen MR) is 91.5 cm³/mol. The molecule has 0 aromatic heterocycles. The summed E-state index contributed by atoms with van der Waals surface area (Å²) in [6.07, 6.45) is 1.09. The van der Waals surface area contributed by atoms with Crippen LogP contribution >= 0.6 is 0 Å². The number of ether oxygens (including phenoxy) is 1. The Bertz CT molecular complexity index is 845. The van der Waals surface area contributed by atoms with Crippen LogP contribution in [-0.4, -0.2) is 74.0 Å². The van der Waals surface area contributed by atoms with Gasteiger partial charge in [0.2, 0.25) is 10.0 Å². The van der Waals surface area contributed by atoms with Crippen LogP contribution in [0.4, 0.5) is 5.69 Å². The van der Waals surface area contributed by atoms with E-state index in [9.17, 15) is 18.0 Å². The molecule has 0 atom stereocenters. The normalized spacial score (nSPS) is 19.0. The summed E-state index contributed by atoms with van der Waals surface area (Å²) in [7, 11) is -3.78. The number of para-hydroxylation sites is 1. The van der Waals surface area contributed by atoms with Crippen molar-refractivity contribution in [1.29, 1.82) is 0 Å². The summed E-state index contributed by atoms with van der Waals surface area (Å²) < 4.78 is 32.3. The summed E-state index contributed by atoms with van der Waals surface area (Å²) in [6.45, 7) is 0.682. The molecule has 1 aromatic carbocycles. The SMILES string of the molecule is O=C1C=C(Nc2ccccc2S(=O)(=O)N2CCOCC2)C(=O)N1CCO. The fourth-order valence-electron chi connectivity index (χ4n) is 2.78. The average molecular weight is 381 g/mol. The molecule has 2 amide bonds. The number of imide groups is 1. The highest BCUT2D eigenvalue weighted by molar-refractivity contribution is 7.89. The van der Waals surface area contributed by atoms with Crippen molar-refractivity contribution in [3.8, 4) is 0 Å². The van der Waals surface area contributed by atoms with Crippen LogP contribution in [0.15, 0.2) is 40.9 Å². The molecule has 26 heavy (non-hydrogen) atoms. The lowest BCUT2D eigenvalue weighted by atomic mass is 10.3. The second kappa shape index (κ2) is 7.54. The highest BCUT2D eigenvalue weighted by Crippen LogP contribution is 2.27. The van der Waals surface area contributed by atoms with E-state index in [-0.39, 0.29) is 42.5 Å². The molecule has 0 saturated carbocycles. The number of sulfonamides is 1. The number of nitrogens with zero attached hydrogens (tertiary/aromatic N) is 2. The summed E-state index contributed by atoms with van der Waals surface area (Å²) >= 11 is 0. The highest BCUT2D eigenvalue weighted by atomic mass is 32.2. The summed E-state index contributed by atoms with van der Waals surface area (Å²) in [5.74, 6) is -1.16. The molecule has 2 aliphatic rings. The Morgan fingerprint density at radius 2 is 1.85 bits per heavy atom. The van der Waals surface area contributed by atoms with Gasteiger partial charge in [-0.3, -0.25) is 14.5 Å². The van der Waals surface area contributed by atoms with Gasteiger partial charge in [0, 0.05) is 19.2 Å². The quantitative estimate of drug-likeness (QED) is 0.630. The molecule has 2 aliphatic heterocycles. The third-order valence-electron chi connectivity index (χ3n) is 4.08. The van der Waals surface area contributed by atoms with Crippen LogP contribution in [0.25, 0.3) is 0 Å². The van der Waals surface area contributed by atoms with Crippen LogP contribution in [0.1, 0.15) is 0 Å². The van der Waals surface area contributed by atoms with Gasteiger partial charge in [-0.15, -0.1) is 0 Å². The number of carbonyl (C=O) groups excluding carboxylic acids is 2. The molecule has 0 aliphatic carbocycles. The lowest BCUT2D eigenvalue weighted by Gasteiger charge is -2.27. The lowest BCUT2D eigenvalue weighted by Crippen LogP contribution is -2.40. The number of anilines is 1. The van der Waals surface area contributed by atoms with Gasteiger partial charge in [-0.1, -0.05) is 12.1 Å². The number of nitrogens with one attached hydrogen (secondary N) is 1. The van der Waals surface area contributed by atoms with Crippen LogP contribution < -0.4 is 5.32 Å². The topological polar surface area (TPSA) is 116 Å². The number of hydrogen-bond acceptors (Lipinski definition) is 7. The third kappa shape index (κ3) is 3.49. The Hall–Kier alpha value is -2.27. The lowest BCUT2D eigenvalue weighted by molar-refractivity contribution is -0.137. The van der Waals surface area contributed by atoms with Crippen molar-refractivity contribution in [2.75, 3.05) is 44.8 Å². The first-order valence-corrected chi connectivity index (χ1v) is 9.51. The van der Waals surface area contributed by atoms with Crippen LogP contribution in [-0.2, 0) is 24.3 Å². The Morgan fingerprint density at radius 1 is 1.15 bits per heavy atom. The molecule has 0 spiro atoms. The highest BCUT2D eigenvalue weighted by Gasteiger charge is 2.33. The first-order chi connectivity index (χ1) is 12.4. The summed E-state index contributed by atoms with van der Waals surface area (Å²) in [6, 6.07) is 6.20. The molecular weight excluding hydrogens is 362 g/mol. The fraction of sp³-hybridized carbons (Fsp3) is 0.375. The van der Waals surface area contributed by atoms with E-state index in [0.29, 0.717) is 13.2 Å². The van der Waals surface area contributed by atoms with Gasteiger partial charge in [-0.2, -0.15) is 4.31 Å². The zero-order valence-electron chi connectivity index (χ0n) is 13.9.